The van der Waals surface area contributed by atoms with E-state index < -0.39 is 17.7 Å². The predicted molar refractivity (Wildman–Crippen MR) is 91.4 cm³/mol. The van der Waals surface area contributed by atoms with E-state index in [1.807, 2.05) is 0 Å². The predicted octanol–water partition coefficient (Wildman–Crippen LogP) is 5.03. The quantitative estimate of drug-likeness (QED) is 0.593. The number of esters is 1. The number of anilines is 1. The van der Waals surface area contributed by atoms with Crippen LogP contribution in [0.4, 0.5) is 18.9 Å². The summed E-state index contributed by atoms with van der Waals surface area (Å²) in [6.45, 7) is 0.00380. The first-order chi connectivity index (χ1) is 11.8. The Morgan fingerprint density at radius 3 is 2.40 bits per heavy atom. The van der Waals surface area contributed by atoms with Crippen molar-refractivity contribution in [2.24, 2.45) is 0 Å². The van der Waals surface area contributed by atoms with Gasteiger partial charge in [-0.1, -0.05) is 35.9 Å². The summed E-state index contributed by atoms with van der Waals surface area (Å²) in [5.74, 6) is -0.601. The molecule has 2 aromatic rings. The summed E-state index contributed by atoms with van der Waals surface area (Å²) in [7, 11) is 1.23. The van der Waals surface area contributed by atoms with Crippen LogP contribution in [0.1, 0.15) is 11.1 Å². The Morgan fingerprint density at radius 1 is 1.16 bits per heavy atom. The van der Waals surface area contributed by atoms with E-state index in [4.69, 9.17) is 11.6 Å². The van der Waals surface area contributed by atoms with Crippen molar-refractivity contribution in [3.05, 3.63) is 70.8 Å². The molecule has 2 rings (SSSR count). The summed E-state index contributed by atoms with van der Waals surface area (Å²) in [6.07, 6.45) is -3.25. The van der Waals surface area contributed by atoms with Gasteiger partial charge in [0.2, 0.25) is 0 Å². The first-order valence-electron chi connectivity index (χ1n) is 7.26. The lowest BCUT2D eigenvalue weighted by Crippen LogP contribution is -2.13. The molecule has 3 nitrogen and oxygen atoms in total. The molecule has 25 heavy (non-hydrogen) atoms. The second kappa shape index (κ2) is 8.07. The van der Waals surface area contributed by atoms with Gasteiger partial charge >= 0.3 is 12.1 Å². The fraction of sp³-hybridized carbons (Fsp3) is 0.167. The van der Waals surface area contributed by atoms with Gasteiger partial charge in [-0.15, -0.1) is 0 Å². The molecule has 0 aliphatic rings. The van der Waals surface area contributed by atoms with Crippen LogP contribution in [0.25, 0.3) is 5.57 Å². The molecule has 7 heteroatoms. The van der Waals surface area contributed by atoms with Gasteiger partial charge in [-0.3, -0.25) is 0 Å². The van der Waals surface area contributed by atoms with Gasteiger partial charge in [0.25, 0.3) is 0 Å². The normalized spacial score (nSPS) is 12.0. The largest absolute Gasteiger partial charge is 0.466 e. The fourth-order valence-corrected chi connectivity index (χ4v) is 2.30. The second-order valence-electron chi connectivity index (χ2n) is 5.10. The molecular weight excluding hydrogens is 355 g/mol. The number of carbonyl (C=O) groups excluding carboxylic acids is 1. The third-order valence-electron chi connectivity index (χ3n) is 3.41. The first-order valence-corrected chi connectivity index (χ1v) is 7.63. The SMILES string of the molecule is COC(=O)/C=C(\CNc1ccccc1C(F)(F)F)c1ccc(Cl)cc1. The highest BCUT2D eigenvalue weighted by Gasteiger charge is 2.33. The summed E-state index contributed by atoms with van der Waals surface area (Å²) in [4.78, 5) is 11.6. The average Bonchev–Trinajstić information content (AvgIpc) is 2.58. The number of para-hydroxylation sites is 1. The van der Waals surface area contributed by atoms with Crippen LogP contribution < -0.4 is 5.32 Å². The molecule has 0 saturated heterocycles. The van der Waals surface area contributed by atoms with Gasteiger partial charge in [-0.2, -0.15) is 13.2 Å². The third kappa shape index (κ3) is 5.26. The van der Waals surface area contributed by atoms with E-state index in [0.29, 0.717) is 16.2 Å². The highest BCUT2D eigenvalue weighted by molar-refractivity contribution is 6.30. The van der Waals surface area contributed by atoms with E-state index in [1.165, 1.54) is 31.4 Å². The lowest BCUT2D eigenvalue weighted by atomic mass is 10.0. The van der Waals surface area contributed by atoms with E-state index in [1.54, 1.807) is 24.3 Å². The van der Waals surface area contributed by atoms with Crippen molar-refractivity contribution < 1.29 is 22.7 Å². The topological polar surface area (TPSA) is 38.3 Å². The number of carbonyl (C=O) groups is 1. The number of hydrogen-bond donors (Lipinski definition) is 1. The molecule has 0 saturated carbocycles. The van der Waals surface area contributed by atoms with E-state index >= 15 is 0 Å². The highest BCUT2D eigenvalue weighted by Crippen LogP contribution is 2.34. The van der Waals surface area contributed by atoms with Crippen molar-refractivity contribution in [1.82, 2.24) is 0 Å². The summed E-state index contributed by atoms with van der Waals surface area (Å²) < 4.78 is 43.8. The Labute approximate surface area is 148 Å². The Morgan fingerprint density at radius 2 is 1.80 bits per heavy atom. The number of hydrogen-bond acceptors (Lipinski definition) is 3. The lowest BCUT2D eigenvalue weighted by molar-refractivity contribution is -0.137. The number of ether oxygens (including phenoxy) is 1. The van der Waals surface area contributed by atoms with Crippen LogP contribution in [0, 0.1) is 0 Å². The summed E-state index contributed by atoms with van der Waals surface area (Å²) in [5, 5.41) is 3.24. The summed E-state index contributed by atoms with van der Waals surface area (Å²) in [6, 6.07) is 11.8. The van der Waals surface area contributed by atoms with Crippen LogP contribution in [0.3, 0.4) is 0 Å². The number of halogens is 4. The zero-order valence-corrected chi connectivity index (χ0v) is 14.0. The van der Waals surface area contributed by atoms with Crippen LogP contribution in [0.5, 0.6) is 0 Å². The summed E-state index contributed by atoms with van der Waals surface area (Å²) >= 11 is 5.84. The molecule has 0 unspecified atom stereocenters. The maximum atomic E-state index is 13.1. The molecular formula is C18H15ClF3NO2. The molecule has 0 spiro atoms. The number of nitrogens with one attached hydrogen (secondary N) is 1. The monoisotopic (exact) mass is 369 g/mol. The van der Waals surface area contributed by atoms with Crippen LogP contribution in [0.2, 0.25) is 5.02 Å². The van der Waals surface area contributed by atoms with Crippen molar-refractivity contribution in [3.63, 3.8) is 0 Å². The molecule has 0 atom stereocenters. The van der Waals surface area contributed by atoms with Crippen molar-refractivity contribution >= 4 is 28.8 Å². The molecule has 0 radical (unpaired) electrons. The van der Waals surface area contributed by atoms with Gasteiger partial charge in [0.1, 0.15) is 0 Å². The van der Waals surface area contributed by atoms with Gasteiger partial charge in [0, 0.05) is 23.3 Å². The van der Waals surface area contributed by atoms with Crippen molar-refractivity contribution in [2.45, 2.75) is 6.18 Å². The molecule has 132 valence electrons. The average molecular weight is 370 g/mol. The minimum Gasteiger partial charge on any atom is -0.466 e. The Kier molecular flexibility index (Phi) is 6.09. The van der Waals surface area contributed by atoms with Crippen LogP contribution in [-0.2, 0) is 15.7 Å². The lowest BCUT2D eigenvalue weighted by Gasteiger charge is -2.16. The minimum absolute atomic E-state index is 0.00380. The first kappa shape index (κ1) is 18.9. The van der Waals surface area contributed by atoms with E-state index in [0.717, 1.165) is 6.07 Å². The zero-order valence-electron chi connectivity index (χ0n) is 13.2. The van der Waals surface area contributed by atoms with Crippen LogP contribution in [-0.4, -0.2) is 19.6 Å². The molecule has 1 N–H and O–H groups in total. The van der Waals surface area contributed by atoms with Crippen molar-refractivity contribution in [1.29, 1.82) is 0 Å². The van der Waals surface area contributed by atoms with E-state index in [2.05, 4.69) is 10.1 Å². The van der Waals surface area contributed by atoms with E-state index in [-0.39, 0.29) is 12.2 Å². The van der Waals surface area contributed by atoms with Gasteiger partial charge in [0.15, 0.2) is 0 Å². The molecule has 0 aliphatic heterocycles. The van der Waals surface area contributed by atoms with Gasteiger partial charge < -0.3 is 10.1 Å². The number of rotatable bonds is 5. The fourth-order valence-electron chi connectivity index (χ4n) is 2.18. The third-order valence-corrected chi connectivity index (χ3v) is 3.66. The Balaban J connectivity index is 2.29. The van der Waals surface area contributed by atoms with Gasteiger partial charge in [-0.05, 0) is 35.4 Å². The number of methoxy groups -OCH3 is 1. The van der Waals surface area contributed by atoms with Crippen molar-refractivity contribution in [2.75, 3.05) is 19.0 Å². The second-order valence-corrected chi connectivity index (χ2v) is 5.53. The zero-order chi connectivity index (χ0) is 18.4. The van der Waals surface area contributed by atoms with Crippen LogP contribution in [0.15, 0.2) is 54.6 Å². The highest BCUT2D eigenvalue weighted by atomic mass is 35.5. The number of alkyl halides is 3. The minimum atomic E-state index is -4.48. The molecule has 0 amide bonds. The number of benzene rings is 2. The van der Waals surface area contributed by atoms with Crippen LogP contribution >= 0.6 is 11.6 Å². The van der Waals surface area contributed by atoms with Gasteiger partial charge in [-0.25, -0.2) is 4.79 Å². The van der Waals surface area contributed by atoms with Gasteiger partial charge in [0.05, 0.1) is 12.7 Å². The molecule has 0 aliphatic carbocycles. The molecule has 0 aromatic heterocycles. The van der Waals surface area contributed by atoms with Crippen molar-refractivity contribution in [3.8, 4) is 0 Å². The maximum absolute atomic E-state index is 13.1. The molecule has 0 heterocycles. The smallest absolute Gasteiger partial charge is 0.418 e. The Bertz CT molecular complexity index is 771. The maximum Gasteiger partial charge on any atom is 0.418 e. The summed E-state index contributed by atoms with van der Waals surface area (Å²) in [5.41, 5.74) is 0.274. The Hall–Kier alpha value is -2.47. The molecule has 0 bridgehead atoms. The molecule has 2 aromatic carbocycles. The molecule has 0 fully saturated rings. The van der Waals surface area contributed by atoms with E-state index in [9.17, 15) is 18.0 Å². The standard InChI is InChI=1S/C18H15ClF3NO2/c1-25-17(24)10-13(12-6-8-14(19)9-7-12)11-23-16-5-3-2-4-15(16)18(20,21)22/h2-10,23H,11H2,1H3/b13-10+.